The van der Waals surface area contributed by atoms with E-state index in [0.29, 0.717) is 0 Å². The van der Waals surface area contributed by atoms with Crippen LogP contribution in [0.4, 0.5) is 0 Å². The van der Waals surface area contributed by atoms with Gasteiger partial charge >= 0.3 is 0 Å². The molecular weight excluding hydrogens is 316 g/mol. The van der Waals surface area contributed by atoms with Crippen LogP contribution in [0, 0.1) is 0 Å². The number of rotatable bonds is 22. The van der Waals surface area contributed by atoms with Gasteiger partial charge in [-0.25, -0.2) is 0 Å². The van der Waals surface area contributed by atoms with E-state index in [1.165, 1.54) is 128 Å². The minimum Gasteiger partial charge on any atom is -0.0654 e. The van der Waals surface area contributed by atoms with Crippen molar-refractivity contribution >= 4 is 9.52 Å². The van der Waals surface area contributed by atoms with E-state index in [2.05, 4.69) is 13.8 Å². The van der Waals surface area contributed by atoms with Gasteiger partial charge < -0.3 is 0 Å². The minimum absolute atomic E-state index is 0.780. The Hall–Kier alpha value is 0.217. The summed E-state index contributed by atoms with van der Waals surface area (Å²) < 4.78 is 0. The number of hydrogen-bond donors (Lipinski definition) is 0. The van der Waals surface area contributed by atoms with Gasteiger partial charge in [0.05, 0.1) is 0 Å². The van der Waals surface area contributed by atoms with E-state index in [0.717, 1.165) is 9.52 Å². The van der Waals surface area contributed by atoms with Gasteiger partial charge in [0.1, 0.15) is 0 Å². The first-order valence-corrected chi connectivity index (χ1v) is 13.9. The van der Waals surface area contributed by atoms with Crippen LogP contribution in [0.25, 0.3) is 0 Å². The van der Waals surface area contributed by atoms with Crippen LogP contribution in [0.15, 0.2) is 0 Å². The zero-order chi connectivity index (χ0) is 18.3. The molecule has 0 aliphatic heterocycles. The minimum atomic E-state index is 0.780. The molecule has 0 spiro atoms. The quantitative estimate of drug-likeness (QED) is 0.132. The Labute approximate surface area is 164 Å². The molecule has 0 aromatic rings. The first-order valence-electron chi connectivity index (χ1n) is 12.2. The second-order valence-electron chi connectivity index (χ2n) is 8.23. The van der Waals surface area contributed by atoms with E-state index >= 15 is 0 Å². The van der Waals surface area contributed by atoms with E-state index in [9.17, 15) is 0 Å². The predicted octanol–water partition coefficient (Wildman–Crippen LogP) is 9.10. The molecule has 0 heterocycles. The van der Waals surface area contributed by atoms with Crippen LogP contribution in [0.3, 0.4) is 0 Å². The van der Waals surface area contributed by atoms with Crippen molar-refractivity contribution in [2.45, 2.75) is 154 Å². The van der Waals surface area contributed by atoms with Gasteiger partial charge in [0, 0.05) is 9.52 Å². The Morgan fingerprint density at radius 2 is 0.560 bits per heavy atom. The van der Waals surface area contributed by atoms with Crippen molar-refractivity contribution in [1.29, 1.82) is 0 Å². The van der Waals surface area contributed by atoms with Crippen molar-refractivity contribution in [2.24, 2.45) is 0 Å². The average molecular weight is 368 g/mol. The highest BCUT2D eigenvalue weighted by atomic mass is 28.2. The molecular formula is C24H51Si. The van der Waals surface area contributed by atoms with Crippen LogP contribution in [0.1, 0.15) is 142 Å². The van der Waals surface area contributed by atoms with Gasteiger partial charge in [-0.2, -0.15) is 0 Å². The Bertz CT molecular complexity index is 192. The molecule has 0 amide bonds. The smallest absolute Gasteiger partial charge is 0.0280 e. The topological polar surface area (TPSA) is 0 Å². The molecule has 0 N–H and O–H groups in total. The summed E-state index contributed by atoms with van der Waals surface area (Å²) in [4.78, 5) is 0. The van der Waals surface area contributed by atoms with Crippen molar-refractivity contribution in [3.8, 4) is 0 Å². The molecule has 0 saturated heterocycles. The maximum absolute atomic E-state index is 2.30. The SMILES string of the molecule is CCCCCCCCCCCC[SiH]CCCCCCCCCCCC. The molecule has 0 aromatic carbocycles. The molecule has 0 aliphatic carbocycles. The highest BCUT2D eigenvalue weighted by Gasteiger charge is 1.96. The molecule has 25 heavy (non-hydrogen) atoms. The Kier molecular flexibility index (Phi) is 24.4. The third-order valence-electron chi connectivity index (χ3n) is 5.52. The Balaban J connectivity index is 2.94. The molecule has 0 unspecified atom stereocenters. The summed E-state index contributed by atoms with van der Waals surface area (Å²) >= 11 is 0. The molecule has 0 nitrogen and oxygen atoms in total. The lowest BCUT2D eigenvalue weighted by Crippen LogP contribution is -1.90. The molecule has 0 rings (SSSR count). The van der Waals surface area contributed by atoms with Gasteiger partial charge in [-0.15, -0.1) is 0 Å². The van der Waals surface area contributed by atoms with Crippen molar-refractivity contribution in [3.05, 3.63) is 0 Å². The van der Waals surface area contributed by atoms with Gasteiger partial charge in [-0.1, -0.05) is 154 Å². The third-order valence-corrected chi connectivity index (χ3v) is 7.16. The van der Waals surface area contributed by atoms with Crippen molar-refractivity contribution in [1.82, 2.24) is 0 Å². The van der Waals surface area contributed by atoms with E-state index in [4.69, 9.17) is 0 Å². The standard InChI is InChI=1S/C24H51Si/c1-3-5-7-9-11-13-15-17-19-21-23-25-24-22-20-18-16-14-12-10-8-6-4-2/h25H,3-24H2,1-2H3. The summed E-state index contributed by atoms with van der Waals surface area (Å²) in [6, 6.07) is 3.15. The highest BCUT2D eigenvalue weighted by molar-refractivity contribution is 6.35. The monoisotopic (exact) mass is 367 g/mol. The van der Waals surface area contributed by atoms with Gasteiger partial charge in [-0.05, 0) is 0 Å². The fourth-order valence-electron chi connectivity index (χ4n) is 3.70. The lowest BCUT2D eigenvalue weighted by atomic mass is 10.1. The van der Waals surface area contributed by atoms with Crippen LogP contribution >= 0.6 is 0 Å². The highest BCUT2D eigenvalue weighted by Crippen LogP contribution is 2.13. The van der Waals surface area contributed by atoms with Crippen LogP contribution in [0.5, 0.6) is 0 Å². The lowest BCUT2D eigenvalue weighted by molar-refractivity contribution is 0.560. The third kappa shape index (κ3) is 24.2. The maximum Gasteiger partial charge on any atom is 0.0280 e. The predicted molar refractivity (Wildman–Crippen MR) is 120 cm³/mol. The fourth-order valence-corrected chi connectivity index (χ4v) is 5.14. The van der Waals surface area contributed by atoms with Gasteiger partial charge in [0.2, 0.25) is 0 Å². The molecule has 1 heteroatoms. The van der Waals surface area contributed by atoms with E-state index in [1.54, 1.807) is 12.1 Å². The number of unbranched alkanes of at least 4 members (excludes halogenated alkanes) is 18. The van der Waals surface area contributed by atoms with Gasteiger partial charge in [-0.3, -0.25) is 0 Å². The van der Waals surface area contributed by atoms with Crippen LogP contribution in [-0.4, -0.2) is 9.52 Å². The van der Waals surface area contributed by atoms with E-state index in [1.807, 2.05) is 0 Å². The average Bonchev–Trinajstić information content (AvgIpc) is 2.63. The molecule has 0 aromatic heterocycles. The maximum atomic E-state index is 2.30. The zero-order valence-corrected chi connectivity index (χ0v) is 19.3. The van der Waals surface area contributed by atoms with Gasteiger partial charge in [0.25, 0.3) is 0 Å². The van der Waals surface area contributed by atoms with E-state index < -0.39 is 0 Å². The summed E-state index contributed by atoms with van der Waals surface area (Å²) in [5, 5.41) is 0. The van der Waals surface area contributed by atoms with Crippen LogP contribution in [0.2, 0.25) is 12.1 Å². The molecule has 0 saturated carbocycles. The summed E-state index contributed by atoms with van der Waals surface area (Å²) in [5.74, 6) is 0. The zero-order valence-electron chi connectivity index (χ0n) is 18.1. The molecule has 0 fully saturated rings. The summed E-state index contributed by atoms with van der Waals surface area (Å²) in [6.45, 7) is 4.61. The fraction of sp³-hybridized carbons (Fsp3) is 1.00. The second kappa shape index (κ2) is 24.2. The largest absolute Gasteiger partial charge is 0.0654 e. The van der Waals surface area contributed by atoms with Crippen molar-refractivity contribution in [2.75, 3.05) is 0 Å². The van der Waals surface area contributed by atoms with Crippen LogP contribution in [-0.2, 0) is 0 Å². The normalized spacial score (nSPS) is 11.3. The lowest BCUT2D eigenvalue weighted by Gasteiger charge is -2.03. The molecule has 0 atom stereocenters. The van der Waals surface area contributed by atoms with Crippen molar-refractivity contribution in [3.63, 3.8) is 0 Å². The summed E-state index contributed by atoms with van der Waals surface area (Å²) in [5.41, 5.74) is 0. The van der Waals surface area contributed by atoms with Crippen molar-refractivity contribution < 1.29 is 0 Å². The Morgan fingerprint density at radius 3 is 0.840 bits per heavy atom. The molecule has 0 aliphatic rings. The second-order valence-corrected chi connectivity index (χ2v) is 9.96. The molecule has 1 radical (unpaired) electrons. The summed E-state index contributed by atoms with van der Waals surface area (Å²) in [6.07, 6.45) is 29.6. The number of hydrogen-bond acceptors (Lipinski definition) is 0. The van der Waals surface area contributed by atoms with E-state index in [-0.39, 0.29) is 0 Å². The Morgan fingerprint density at radius 1 is 0.320 bits per heavy atom. The molecule has 151 valence electrons. The van der Waals surface area contributed by atoms with Gasteiger partial charge in [0.15, 0.2) is 0 Å². The van der Waals surface area contributed by atoms with Crippen LogP contribution < -0.4 is 0 Å². The first kappa shape index (κ1) is 25.2. The molecule has 0 bridgehead atoms. The summed E-state index contributed by atoms with van der Waals surface area (Å²) in [7, 11) is 0.780. The first-order chi connectivity index (χ1) is 12.4.